The highest BCUT2D eigenvalue weighted by Gasteiger charge is 2.68. The van der Waals surface area contributed by atoms with E-state index in [9.17, 15) is 32.4 Å². The van der Waals surface area contributed by atoms with Crippen molar-refractivity contribution < 1.29 is 46.6 Å². The number of hydrogen-bond acceptors (Lipinski definition) is 18. The molecular formula is C76H105N11O10S2. The fraction of sp³-hybridized carbons (Fsp3) is 0.566. The quantitative estimate of drug-likeness (QED) is 0.0107. The van der Waals surface area contributed by atoms with Crippen LogP contribution in [0.15, 0.2) is 124 Å². The van der Waals surface area contributed by atoms with Crippen molar-refractivity contribution in [1.29, 1.82) is 0 Å². The van der Waals surface area contributed by atoms with Gasteiger partial charge >= 0.3 is 0 Å². The van der Waals surface area contributed by atoms with Crippen LogP contribution in [0.2, 0.25) is 0 Å². The summed E-state index contributed by atoms with van der Waals surface area (Å²) in [6.45, 7) is 28.6. The number of nitrogens with zero attached hydrogens (tertiary/aromatic N) is 5. The van der Waals surface area contributed by atoms with Crippen LogP contribution in [0.3, 0.4) is 0 Å². The summed E-state index contributed by atoms with van der Waals surface area (Å²) >= 11 is 1.80. The van der Waals surface area contributed by atoms with Gasteiger partial charge in [0.15, 0.2) is 0 Å². The molecule has 0 spiro atoms. The van der Waals surface area contributed by atoms with Crippen LogP contribution in [0.5, 0.6) is 0 Å². The molecule has 4 heterocycles. The van der Waals surface area contributed by atoms with Gasteiger partial charge in [0.25, 0.3) is 27.7 Å². The van der Waals surface area contributed by atoms with E-state index in [1.165, 1.54) is 49.8 Å². The lowest BCUT2D eigenvalue weighted by atomic mass is 9.31. The van der Waals surface area contributed by atoms with Gasteiger partial charge in [-0.15, -0.1) is 11.8 Å². The number of carbonyl (C=O) groups is 5. The maximum Gasteiger partial charge on any atom is 0.264 e. The Hall–Kier alpha value is -6.67. The Morgan fingerprint density at radius 2 is 1.43 bits per heavy atom. The summed E-state index contributed by atoms with van der Waals surface area (Å²) in [4.78, 5) is 77.5. The second-order valence-electron chi connectivity index (χ2n) is 29.1. The van der Waals surface area contributed by atoms with Crippen LogP contribution in [-0.2, 0) is 33.8 Å². The number of anilines is 3. The van der Waals surface area contributed by atoms with Gasteiger partial charge in [0, 0.05) is 130 Å². The predicted molar refractivity (Wildman–Crippen MR) is 390 cm³/mol. The van der Waals surface area contributed by atoms with E-state index >= 15 is 0 Å². The van der Waals surface area contributed by atoms with Gasteiger partial charge in [-0.25, -0.2) is 13.1 Å². The second kappa shape index (κ2) is 33.9. The van der Waals surface area contributed by atoms with Crippen molar-refractivity contribution in [3.05, 3.63) is 137 Å². The van der Waals surface area contributed by atoms with Crippen LogP contribution in [0.1, 0.15) is 134 Å². The van der Waals surface area contributed by atoms with E-state index in [1.807, 2.05) is 36.8 Å². The van der Waals surface area contributed by atoms with Gasteiger partial charge in [0.05, 0.1) is 62.2 Å². The Morgan fingerprint density at radius 1 is 0.747 bits per heavy atom. The molecule has 99 heavy (non-hydrogen) atoms. The minimum Gasteiger partial charge on any atom is -0.381 e. The number of carbonyl (C=O) groups excluding carboxylic acids is 5. The van der Waals surface area contributed by atoms with Gasteiger partial charge in [-0.3, -0.25) is 38.7 Å². The largest absolute Gasteiger partial charge is 0.381 e. The van der Waals surface area contributed by atoms with Gasteiger partial charge in [-0.2, -0.15) is 0 Å². The minimum absolute atomic E-state index is 0.0461. The van der Waals surface area contributed by atoms with E-state index in [1.54, 1.807) is 59.8 Å². The first kappa shape index (κ1) is 73.5. The third-order valence-corrected chi connectivity index (χ3v) is 23.9. The van der Waals surface area contributed by atoms with Crippen molar-refractivity contribution in [1.82, 2.24) is 40.3 Å². The zero-order valence-corrected chi connectivity index (χ0v) is 60.3. The molecule has 23 heteroatoms. The summed E-state index contributed by atoms with van der Waals surface area (Å²) in [5.74, 6) is -1.57. The topological polar surface area (TPSA) is 236 Å². The molecule has 4 aromatic carbocycles. The number of benzene rings is 4. The van der Waals surface area contributed by atoms with E-state index in [0.29, 0.717) is 98.8 Å². The van der Waals surface area contributed by atoms with Gasteiger partial charge in [0.2, 0.25) is 11.8 Å². The van der Waals surface area contributed by atoms with Crippen molar-refractivity contribution in [2.75, 3.05) is 159 Å². The zero-order valence-electron chi connectivity index (χ0n) is 58.7. The van der Waals surface area contributed by atoms with Crippen molar-refractivity contribution in [2.24, 2.45) is 16.2 Å². The highest BCUT2D eigenvalue weighted by atomic mass is 32.2. The number of fused-ring (bicyclic) bond motifs is 1. The maximum atomic E-state index is 13.8. The molecule has 4 aliphatic heterocycles. The molecule has 8 aliphatic rings. The first-order chi connectivity index (χ1) is 47.8. The molecule has 21 nitrogen and oxygen atoms in total. The molecular weight excluding hydrogens is 1290 g/mol. The Balaban J connectivity index is 0.516. The molecule has 0 aromatic heterocycles. The second-order valence-corrected chi connectivity index (χ2v) is 31.9. The zero-order chi connectivity index (χ0) is 69.6. The Labute approximate surface area is 590 Å². The van der Waals surface area contributed by atoms with Gasteiger partial charge in [-0.05, 0) is 173 Å². The molecule has 1 unspecified atom stereocenters. The van der Waals surface area contributed by atoms with E-state index in [0.717, 1.165) is 125 Å². The lowest BCUT2D eigenvalue weighted by molar-refractivity contribution is -0.182. The summed E-state index contributed by atoms with van der Waals surface area (Å²) in [7, 11) is -4.15. The third kappa shape index (κ3) is 19.1. The van der Waals surface area contributed by atoms with Crippen molar-refractivity contribution in [2.45, 2.75) is 127 Å². The standard InChI is InChI=1S/C76H105N11O10S2/c1-6-75-52-76(53-75,54-75)64-48-74(4,5)27-25-58(64)50-85-36-38-86(39-37-85)60-20-18-57(19-21-60)70(89)82-99(93,94)62-22-23-65(55(2)47-62)81-59(51-98-61-13-8-7-9-14-61)26-31-83-32-34-84(35-33-83)40-42-96-44-46-97-45-43-95-41-30-77-28-10-11-29-78-68(88)49-79-66-16-12-15-63-69(66)73(92)87(72(63)91)67-24-17-56(3)80-71(67)90/h7-9,12-16,18-23,47,59,67,77,79,81H,3,6,10-11,17,24-46,48-54H2,1-2,4-5H3,(H,78,88)(H,80,90)(H,82,89)/t59-,67?,75?,76?/m1/s1. The number of amides is 5. The molecule has 5 amide bonds. The van der Waals surface area contributed by atoms with Gasteiger partial charge in [-0.1, -0.05) is 69.2 Å². The van der Waals surface area contributed by atoms with Crippen molar-refractivity contribution in [3.8, 4) is 0 Å². The molecule has 3 saturated heterocycles. The summed E-state index contributed by atoms with van der Waals surface area (Å²) in [5, 5.41) is 15.6. The maximum absolute atomic E-state index is 13.8. The number of hydrogen-bond donors (Lipinski definition) is 6. The molecule has 4 aliphatic carbocycles. The average molecular weight is 1400 g/mol. The number of aryl methyl sites for hydroxylation is 1. The lowest BCUT2D eigenvalue weighted by Gasteiger charge is -2.73. The number of thioether (sulfide) groups is 1. The normalized spacial score (nSPS) is 22.2. The summed E-state index contributed by atoms with van der Waals surface area (Å²) in [6, 6.07) is 26.8. The molecule has 6 fully saturated rings. The monoisotopic (exact) mass is 1400 g/mol. The van der Waals surface area contributed by atoms with E-state index in [-0.39, 0.29) is 34.5 Å². The predicted octanol–water partition coefficient (Wildman–Crippen LogP) is 8.94. The van der Waals surface area contributed by atoms with Crippen LogP contribution < -0.4 is 36.2 Å². The van der Waals surface area contributed by atoms with E-state index in [4.69, 9.17) is 14.2 Å². The number of unbranched alkanes of at least 4 members (excludes halogenated alkanes) is 1. The number of sulfonamides is 1. The molecule has 0 radical (unpaired) electrons. The number of nitrogens with one attached hydrogen (secondary N) is 6. The molecule has 6 N–H and O–H groups in total. The highest BCUT2D eigenvalue weighted by molar-refractivity contribution is 7.99. The Kier molecular flexibility index (Phi) is 25.2. The SMILES string of the molecule is C=C1CCC(N2C(=O)c3cccc(NCC(=O)NCCCCNCCOCCOCCOCCN4CCN(CC[C@H](CSc5ccccc5)Nc5ccc(S(=O)(=O)NC(=O)c6ccc(N7CCN(CC8=C(C9%10CC(CC)(C9)C%10)CC(C)(C)CC8)CC7)cc6)cc5C)CC4)c3C2=O)C(=O)N1. The van der Waals surface area contributed by atoms with Gasteiger partial charge < -0.3 is 50.6 Å². The van der Waals surface area contributed by atoms with Gasteiger partial charge in [0.1, 0.15) is 6.04 Å². The van der Waals surface area contributed by atoms with E-state index in [2.05, 4.69) is 103 Å². The van der Waals surface area contributed by atoms with Crippen LogP contribution >= 0.6 is 11.8 Å². The number of imide groups is 1. The third-order valence-electron chi connectivity index (χ3n) is 21.4. The number of piperazine rings is 2. The summed E-state index contributed by atoms with van der Waals surface area (Å²) < 4.78 is 47.2. The average Bonchev–Trinajstić information content (AvgIpc) is 1.24. The first-order valence-corrected chi connectivity index (χ1v) is 38.6. The van der Waals surface area contributed by atoms with Crippen LogP contribution in [0.25, 0.3) is 0 Å². The Morgan fingerprint density at radius 3 is 2.14 bits per heavy atom. The molecule has 2 atom stereocenters. The van der Waals surface area contributed by atoms with Crippen molar-refractivity contribution in [3.63, 3.8) is 0 Å². The fourth-order valence-corrected chi connectivity index (χ4v) is 17.6. The highest BCUT2D eigenvalue weighted by Crippen LogP contribution is 2.79. The molecule has 12 rings (SSSR count). The van der Waals surface area contributed by atoms with Crippen LogP contribution in [0, 0.1) is 23.2 Å². The molecule has 3 saturated carbocycles. The summed E-state index contributed by atoms with van der Waals surface area (Å²) in [6.07, 6.45) is 12.7. The molecule has 2 bridgehead atoms. The number of piperidine rings is 1. The number of rotatable bonds is 37. The Bertz CT molecular complexity index is 3610. The van der Waals surface area contributed by atoms with Crippen LogP contribution in [0.4, 0.5) is 17.1 Å². The fourth-order valence-electron chi connectivity index (χ4n) is 15.5. The summed E-state index contributed by atoms with van der Waals surface area (Å²) in [5.41, 5.74) is 9.39. The molecule has 4 aromatic rings. The van der Waals surface area contributed by atoms with E-state index < -0.39 is 39.7 Å². The number of ether oxygens (including phenoxy) is 3. The first-order valence-electron chi connectivity index (χ1n) is 36.1. The van der Waals surface area contributed by atoms with Crippen molar-refractivity contribution >= 4 is 68.4 Å². The lowest BCUT2D eigenvalue weighted by Crippen LogP contribution is -2.63. The minimum atomic E-state index is -4.15. The number of allylic oxidation sites excluding steroid dienone is 2. The van der Waals surface area contributed by atoms with Crippen LogP contribution in [-0.4, -0.2) is 213 Å². The smallest absolute Gasteiger partial charge is 0.264 e. The molecule has 536 valence electrons.